The van der Waals surface area contributed by atoms with Gasteiger partial charge in [-0.25, -0.2) is 9.59 Å². The van der Waals surface area contributed by atoms with Crippen molar-refractivity contribution in [2.45, 2.75) is 33.2 Å². The molecule has 0 fully saturated rings. The maximum atomic E-state index is 11.8. The summed E-state index contributed by atoms with van der Waals surface area (Å²) in [6.07, 6.45) is -0.155. The minimum Gasteiger partial charge on any atom is -0.464 e. The number of hydrogen-bond donors (Lipinski definition) is 1. The average molecular weight is 279 g/mol. The summed E-state index contributed by atoms with van der Waals surface area (Å²) in [7, 11) is 0. The van der Waals surface area contributed by atoms with Crippen molar-refractivity contribution in [3.8, 4) is 5.75 Å². The third-order valence-corrected chi connectivity index (χ3v) is 2.52. The van der Waals surface area contributed by atoms with Crippen molar-refractivity contribution in [1.82, 2.24) is 5.32 Å². The van der Waals surface area contributed by atoms with Crippen molar-refractivity contribution >= 4 is 12.1 Å². The predicted octanol–water partition coefficient (Wildman–Crippen LogP) is 2.75. The standard InChI is InChI=1S/C15H21NO4/c1-4-19-14(17)13(10-11(2)3)16-15(18)20-12-8-6-5-7-9-12/h5-9,11,13H,4,10H2,1-3H3,(H,16,18). The summed E-state index contributed by atoms with van der Waals surface area (Å²) in [6.45, 7) is 5.95. The molecule has 1 amide bonds. The highest BCUT2D eigenvalue weighted by Gasteiger charge is 2.23. The van der Waals surface area contributed by atoms with Gasteiger partial charge in [0.15, 0.2) is 0 Å². The fraction of sp³-hybridized carbons (Fsp3) is 0.467. The highest BCUT2D eigenvalue weighted by atomic mass is 16.6. The van der Waals surface area contributed by atoms with Gasteiger partial charge in [0.2, 0.25) is 0 Å². The smallest absolute Gasteiger partial charge is 0.413 e. The summed E-state index contributed by atoms with van der Waals surface area (Å²) in [5.74, 6) is 0.241. The Morgan fingerprint density at radius 3 is 2.40 bits per heavy atom. The molecular weight excluding hydrogens is 258 g/mol. The zero-order chi connectivity index (χ0) is 15.0. The molecule has 0 aliphatic carbocycles. The second-order valence-corrected chi connectivity index (χ2v) is 4.78. The molecule has 110 valence electrons. The van der Waals surface area contributed by atoms with Gasteiger partial charge in [-0.1, -0.05) is 32.0 Å². The van der Waals surface area contributed by atoms with E-state index in [0.29, 0.717) is 12.2 Å². The molecule has 1 atom stereocenters. The molecule has 1 unspecified atom stereocenters. The number of esters is 1. The number of hydrogen-bond acceptors (Lipinski definition) is 4. The lowest BCUT2D eigenvalue weighted by molar-refractivity contribution is -0.145. The number of carbonyl (C=O) groups excluding carboxylic acids is 2. The highest BCUT2D eigenvalue weighted by molar-refractivity contribution is 5.82. The molecular formula is C15H21NO4. The summed E-state index contributed by atoms with van der Waals surface area (Å²) in [4.78, 5) is 23.5. The van der Waals surface area contributed by atoms with Crippen LogP contribution in [0.1, 0.15) is 27.2 Å². The topological polar surface area (TPSA) is 64.6 Å². The van der Waals surface area contributed by atoms with E-state index in [2.05, 4.69) is 5.32 Å². The first-order valence-electron chi connectivity index (χ1n) is 6.73. The van der Waals surface area contributed by atoms with E-state index in [1.807, 2.05) is 19.9 Å². The summed E-state index contributed by atoms with van der Waals surface area (Å²) in [6, 6.07) is 8.00. The third-order valence-electron chi connectivity index (χ3n) is 2.52. The molecule has 5 nitrogen and oxygen atoms in total. The lowest BCUT2D eigenvalue weighted by Crippen LogP contribution is -2.44. The minimum absolute atomic E-state index is 0.251. The van der Waals surface area contributed by atoms with Crippen molar-refractivity contribution in [2.75, 3.05) is 6.61 Å². The quantitative estimate of drug-likeness (QED) is 0.813. The summed E-state index contributed by atoms with van der Waals surface area (Å²) < 4.78 is 10.0. The molecule has 1 N–H and O–H groups in total. The highest BCUT2D eigenvalue weighted by Crippen LogP contribution is 2.10. The Hall–Kier alpha value is -2.04. The van der Waals surface area contributed by atoms with Gasteiger partial charge < -0.3 is 14.8 Å². The first-order chi connectivity index (χ1) is 9.52. The molecule has 1 aromatic rings. The van der Waals surface area contributed by atoms with Crippen LogP contribution < -0.4 is 10.1 Å². The summed E-state index contributed by atoms with van der Waals surface area (Å²) in [5.41, 5.74) is 0. The number of amides is 1. The normalized spacial score (nSPS) is 11.8. The van der Waals surface area contributed by atoms with Crippen LogP contribution >= 0.6 is 0 Å². The van der Waals surface area contributed by atoms with Crippen molar-refractivity contribution < 1.29 is 19.1 Å². The molecule has 0 aliphatic rings. The molecule has 0 aliphatic heterocycles. The molecule has 20 heavy (non-hydrogen) atoms. The number of rotatable bonds is 6. The first-order valence-corrected chi connectivity index (χ1v) is 6.73. The Morgan fingerprint density at radius 2 is 1.85 bits per heavy atom. The fourth-order valence-corrected chi connectivity index (χ4v) is 1.70. The molecule has 0 saturated carbocycles. The van der Waals surface area contributed by atoms with Gasteiger partial charge in [0.1, 0.15) is 11.8 Å². The van der Waals surface area contributed by atoms with E-state index in [4.69, 9.17) is 9.47 Å². The molecule has 1 rings (SSSR count). The minimum atomic E-state index is -0.689. The van der Waals surface area contributed by atoms with Gasteiger partial charge in [-0.2, -0.15) is 0 Å². The zero-order valence-corrected chi connectivity index (χ0v) is 12.1. The van der Waals surface area contributed by atoms with Gasteiger partial charge in [0.05, 0.1) is 6.61 Å². The van der Waals surface area contributed by atoms with E-state index in [9.17, 15) is 9.59 Å². The molecule has 0 saturated heterocycles. The summed E-state index contributed by atoms with van der Waals surface area (Å²) in [5, 5.41) is 2.55. The van der Waals surface area contributed by atoms with E-state index in [0.717, 1.165) is 0 Å². The van der Waals surface area contributed by atoms with Crippen molar-refractivity contribution in [3.05, 3.63) is 30.3 Å². The van der Waals surface area contributed by atoms with Crippen molar-refractivity contribution in [2.24, 2.45) is 5.92 Å². The number of ether oxygens (including phenoxy) is 2. The fourth-order valence-electron chi connectivity index (χ4n) is 1.70. The van der Waals surface area contributed by atoms with E-state index >= 15 is 0 Å². The number of para-hydroxylation sites is 1. The Labute approximate surface area is 119 Å². The molecule has 5 heteroatoms. The van der Waals surface area contributed by atoms with Gasteiger partial charge in [-0.05, 0) is 31.4 Å². The van der Waals surface area contributed by atoms with Crippen LogP contribution in [0.5, 0.6) is 5.75 Å². The van der Waals surface area contributed by atoms with Crippen LogP contribution in [0, 0.1) is 5.92 Å². The van der Waals surface area contributed by atoms with Gasteiger partial charge in [0, 0.05) is 0 Å². The zero-order valence-electron chi connectivity index (χ0n) is 12.1. The van der Waals surface area contributed by atoms with Crippen LogP contribution in [0.15, 0.2) is 30.3 Å². The molecule has 0 bridgehead atoms. The van der Waals surface area contributed by atoms with E-state index < -0.39 is 18.1 Å². The van der Waals surface area contributed by atoms with Gasteiger partial charge >= 0.3 is 12.1 Å². The SMILES string of the molecule is CCOC(=O)C(CC(C)C)NC(=O)Oc1ccccc1. The van der Waals surface area contributed by atoms with E-state index in [-0.39, 0.29) is 12.5 Å². The first kappa shape index (κ1) is 16.0. The Bertz CT molecular complexity index is 431. The van der Waals surface area contributed by atoms with Crippen molar-refractivity contribution in [1.29, 1.82) is 0 Å². The molecule has 0 heterocycles. The molecule has 0 aromatic heterocycles. The van der Waals surface area contributed by atoms with Gasteiger partial charge in [-0.3, -0.25) is 0 Å². The molecule has 0 spiro atoms. The summed E-state index contributed by atoms with van der Waals surface area (Å²) >= 11 is 0. The lowest BCUT2D eigenvalue weighted by Gasteiger charge is -2.18. The maximum absolute atomic E-state index is 11.8. The maximum Gasteiger partial charge on any atom is 0.413 e. The second-order valence-electron chi connectivity index (χ2n) is 4.78. The van der Waals surface area contributed by atoms with Crippen LogP contribution in [0.3, 0.4) is 0 Å². The van der Waals surface area contributed by atoms with Crippen LogP contribution in [-0.2, 0) is 9.53 Å². The number of nitrogens with one attached hydrogen (secondary N) is 1. The molecule has 1 aromatic carbocycles. The largest absolute Gasteiger partial charge is 0.464 e. The average Bonchev–Trinajstić information content (AvgIpc) is 2.38. The lowest BCUT2D eigenvalue weighted by atomic mass is 10.0. The van der Waals surface area contributed by atoms with Crippen LogP contribution in [0.4, 0.5) is 4.79 Å². The van der Waals surface area contributed by atoms with Crippen molar-refractivity contribution in [3.63, 3.8) is 0 Å². The van der Waals surface area contributed by atoms with Gasteiger partial charge in [0.25, 0.3) is 0 Å². The van der Waals surface area contributed by atoms with Crippen LogP contribution in [0.2, 0.25) is 0 Å². The van der Waals surface area contributed by atoms with E-state index in [1.165, 1.54) is 0 Å². The predicted molar refractivity (Wildman–Crippen MR) is 75.5 cm³/mol. The Balaban J connectivity index is 2.59. The Kier molecular flexibility index (Phi) is 6.56. The van der Waals surface area contributed by atoms with Crippen LogP contribution in [-0.4, -0.2) is 24.7 Å². The monoisotopic (exact) mass is 279 g/mol. The number of benzene rings is 1. The second kappa shape index (κ2) is 8.19. The Morgan fingerprint density at radius 1 is 1.20 bits per heavy atom. The molecule has 0 radical (unpaired) electrons. The van der Waals surface area contributed by atoms with Gasteiger partial charge in [-0.15, -0.1) is 0 Å². The number of carbonyl (C=O) groups is 2. The van der Waals surface area contributed by atoms with E-state index in [1.54, 1.807) is 31.2 Å². The van der Waals surface area contributed by atoms with Crippen LogP contribution in [0.25, 0.3) is 0 Å². The third kappa shape index (κ3) is 5.73.